The van der Waals surface area contributed by atoms with E-state index in [1.165, 1.54) is 0 Å². The van der Waals surface area contributed by atoms with Crippen molar-refractivity contribution in [2.75, 3.05) is 20.2 Å². The highest BCUT2D eigenvalue weighted by Crippen LogP contribution is 2.34. The average molecular weight is 382 g/mol. The van der Waals surface area contributed by atoms with Crippen LogP contribution in [0, 0.1) is 5.92 Å². The highest BCUT2D eigenvalue weighted by atomic mass is 32.2. The number of hydrogen-bond donors (Lipinski definition) is 2. The van der Waals surface area contributed by atoms with Crippen molar-refractivity contribution in [2.24, 2.45) is 5.92 Å². The van der Waals surface area contributed by atoms with Gasteiger partial charge in [0.05, 0.1) is 18.0 Å². The number of methoxy groups -OCH3 is 1. The van der Waals surface area contributed by atoms with Crippen LogP contribution >= 0.6 is 0 Å². The van der Waals surface area contributed by atoms with E-state index >= 15 is 0 Å². The van der Waals surface area contributed by atoms with E-state index in [1.54, 1.807) is 25.3 Å². The minimum atomic E-state index is -3.58. The summed E-state index contributed by atoms with van der Waals surface area (Å²) in [6, 6.07) is 6.71. The second kappa shape index (κ2) is 8.04. The molecule has 0 bridgehead atoms. The molecule has 0 amide bonds. The third-order valence-corrected chi connectivity index (χ3v) is 6.52. The highest BCUT2D eigenvalue weighted by Gasteiger charge is 2.38. The van der Waals surface area contributed by atoms with Crippen molar-refractivity contribution >= 4 is 16.0 Å². The molecule has 1 aromatic rings. The van der Waals surface area contributed by atoms with Crippen LogP contribution in [0.3, 0.4) is 0 Å². The summed E-state index contributed by atoms with van der Waals surface area (Å²) in [5.74, 6) is -0.224. The third kappa shape index (κ3) is 5.03. The van der Waals surface area contributed by atoms with Crippen LogP contribution in [0.25, 0.3) is 0 Å². The Morgan fingerprint density at radius 3 is 2.69 bits per heavy atom. The van der Waals surface area contributed by atoms with E-state index in [-0.39, 0.29) is 23.5 Å². The maximum Gasteiger partial charge on any atom is 0.317 e. The highest BCUT2D eigenvalue weighted by molar-refractivity contribution is 7.89. The van der Waals surface area contributed by atoms with Crippen molar-refractivity contribution in [1.82, 2.24) is 9.62 Å². The predicted molar refractivity (Wildman–Crippen MR) is 96.2 cm³/mol. The first kappa shape index (κ1) is 19.3. The van der Waals surface area contributed by atoms with Crippen LogP contribution in [-0.4, -0.2) is 56.7 Å². The minimum Gasteiger partial charge on any atom is -0.480 e. The van der Waals surface area contributed by atoms with Crippen LogP contribution in [-0.2, 0) is 26.2 Å². The molecule has 2 N–H and O–H groups in total. The Morgan fingerprint density at radius 1 is 1.35 bits per heavy atom. The summed E-state index contributed by atoms with van der Waals surface area (Å²) in [5.41, 5.74) is 0.805. The Bertz CT molecular complexity index is 742. The molecule has 144 valence electrons. The standard InChI is InChI=1S/C18H26N2O5S/c1-25-12-14-3-2-4-17(7-14)26(23,24)19-15-8-16(9-15)20(11-18(21)22)10-13-5-6-13/h2-4,7,13,15-16,19H,5-6,8-12H2,1H3,(H,21,22). The molecule has 2 fully saturated rings. The van der Waals surface area contributed by atoms with E-state index in [4.69, 9.17) is 9.84 Å². The number of aliphatic carboxylic acids is 1. The maximum absolute atomic E-state index is 12.6. The number of rotatable bonds is 10. The normalized spacial score (nSPS) is 23.0. The van der Waals surface area contributed by atoms with Gasteiger partial charge in [-0.2, -0.15) is 0 Å². The number of hydrogen-bond acceptors (Lipinski definition) is 5. The maximum atomic E-state index is 12.6. The molecule has 2 saturated carbocycles. The fourth-order valence-electron chi connectivity index (χ4n) is 3.39. The van der Waals surface area contributed by atoms with Gasteiger partial charge < -0.3 is 9.84 Å². The molecule has 2 aliphatic rings. The first-order valence-corrected chi connectivity index (χ1v) is 10.4. The fraction of sp³-hybridized carbons (Fsp3) is 0.611. The number of carbonyl (C=O) groups is 1. The van der Waals surface area contributed by atoms with Crippen LogP contribution < -0.4 is 4.72 Å². The van der Waals surface area contributed by atoms with Gasteiger partial charge in [-0.25, -0.2) is 13.1 Å². The van der Waals surface area contributed by atoms with Crippen molar-refractivity contribution in [2.45, 2.75) is 49.3 Å². The summed E-state index contributed by atoms with van der Waals surface area (Å²) in [6.07, 6.45) is 3.63. The lowest BCUT2D eigenvalue weighted by atomic mass is 9.86. The second-order valence-corrected chi connectivity index (χ2v) is 9.00. The van der Waals surface area contributed by atoms with E-state index in [2.05, 4.69) is 4.72 Å². The van der Waals surface area contributed by atoms with Gasteiger partial charge in [0.15, 0.2) is 0 Å². The van der Waals surface area contributed by atoms with E-state index in [1.807, 2.05) is 11.0 Å². The molecular formula is C18H26N2O5S. The summed E-state index contributed by atoms with van der Waals surface area (Å²) in [6.45, 7) is 1.19. The van der Waals surface area contributed by atoms with Gasteiger partial charge in [0.25, 0.3) is 0 Å². The first-order valence-electron chi connectivity index (χ1n) is 8.93. The molecule has 0 spiro atoms. The number of carboxylic acid groups (broad SMARTS) is 1. The average Bonchev–Trinajstić information content (AvgIpc) is 3.34. The van der Waals surface area contributed by atoms with Crippen molar-refractivity contribution in [3.05, 3.63) is 29.8 Å². The molecular weight excluding hydrogens is 356 g/mol. The number of nitrogens with zero attached hydrogens (tertiary/aromatic N) is 1. The molecule has 8 heteroatoms. The summed E-state index contributed by atoms with van der Waals surface area (Å²) in [5, 5.41) is 9.09. The smallest absolute Gasteiger partial charge is 0.317 e. The lowest BCUT2D eigenvalue weighted by Crippen LogP contribution is -2.55. The summed E-state index contributed by atoms with van der Waals surface area (Å²) < 4.78 is 32.9. The van der Waals surface area contributed by atoms with Gasteiger partial charge in [0, 0.05) is 25.7 Å². The zero-order valence-electron chi connectivity index (χ0n) is 14.9. The van der Waals surface area contributed by atoms with E-state index in [0.29, 0.717) is 25.4 Å². The SMILES string of the molecule is COCc1cccc(S(=O)(=O)NC2CC(N(CC(=O)O)CC3CC3)C2)c1. The van der Waals surface area contributed by atoms with Crippen molar-refractivity contribution in [1.29, 1.82) is 0 Å². The van der Waals surface area contributed by atoms with Gasteiger partial charge in [-0.15, -0.1) is 0 Å². The largest absolute Gasteiger partial charge is 0.480 e. The number of ether oxygens (including phenoxy) is 1. The Morgan fingerprint density at radius 2 is 2.08 bits per heavy atom. The molecule has 3 rings (SSSR count). The van der Waals surface area contributed by atoms with Gasteiger partial charge in [0.1, 0.15) is 0 Å². The van der Waals surface area contributed by atoms with Crippen molar-refractivity contribution in [3.8, 4) is 0 Å². The molecule has 2 aliphatic carbocycles. The molecule has 0 radical (unpaired) electrons. The minimum absolute atomic E-state index is 0.0275. The summed E-state index contributed by atoms with van der Waals surface area (Å²) in [4.78, 5) is 13.3. The zero-order valence-corrected chi connectivity index (χ0v) is 15.7. The molecule has 0 aromatic heterocycles. The molecule has 0 heterocycles. The lowest BCUT2D eigenvalue weighted by molar-refractivity contribution is -0.139. The number of sulfonamides is 1. The van der Waals surface area contributed by atoms with Crippen molar-refractivity contribution in [3.63, 3.8) is 0 Å². The van der Waals surface area contributed by atoms with Gasteiger partial charge in [-0.3, -0.25) is 9.69 Å². The molecule has 1 aromatic carbocycles. The van der Waals surface area contributed by atoms with Crippen LogP contribution in [0.5, 0.6) is 0 Å². The Labute approximate surface area is 154 Å². The molecule has 26 heavy (non-hydrogen) atoms. The van der Waals surface area contributed by atoms with Gasteiger partial charge in [-0.1, -0.05) is 12.1 Å². The fourth-order valence-corrected chi connectivity index (χ4v) is 4.72. The topological polar surface area (TPSA) is 95.9 Å². The first-order chi connectivity index (χ1) is 12.4. The van der Waals surface area contributed by atoms with Gasteiger partial charge in [0.2, 0.25) is 10.0 Å². The summed E-state index contributed by atoms with van der Waals surface area (Å²) >= 11 is 0. The second-order valence-electron chi connectivity index (χ2n) is 7.29. The van der Waals surface area contributed by atoms with Crippen LogP contribution in [0.1, 0.15) is 31.2 Å². The Kier molecular flexibility index (Phi) is 5.96. The van der Waals surface area contributed by atoms with E-state index in [9.17, 15) is 13.2 Å². The number of carboxylic acids is 1. The van der Waals surface area contributed by atoms with Crippen LogP contribution in [0.2, 0.25) is 0 Å². The number of benzene rings is 1. The Hall–Kier alpha value is -1.48. The molecule has 0 unspecified atom stereocenters. The zero-order chi connectivity index (χ0) is 18.7. The van der Waals surface area contributed by atoms with Crippen LogP contribution in [0.4, 0.5) is 0 Å². The molecule has 7 nitrogen and oxygen atoms in total. The molecule has 0 saturated heterocycles. The van der Waals surface area contributed by atoms with Crippen molar-refractivity contribution < 1.29 is 23.1 Å². The van der Waals surface area contributed by atoms with E-state index in [0.717, 1.165) is 24.9 Å². The summed E-state index contributed by atoms with van der Waals surface area (Å²) in [7, 11) is -2.02. The number of nitrogens with one attached hydrogen (secondary N) is 1. The van der Waals surface area contributed by atoms with Gasteiger partial charge >= 0.3 is 5.97 Å². The van der Waals surface area contributed by atoms with E-state index < -0.39 is 16.0 Å². The third-order valence-electron chi connectivity index (χ3n) is 5.00. The van der Waals surface area contributed by atoms with Crippen LogP contribution in [0.15, 0.2) is 29.2 Å². The molecule has 0 atom stereocenters. The quantitative estimate of drug-likeness (QED) is 0.636. The molecule has 0 aliphatic heterocycles. The Balaban J connectivity index is 1.56. The van der Waals surface area contributed by atoms with Gasteiger partial charge in [-0.05, 0) is 49.3 Å². The monoisotopic (exact) mass is 382 g/mol. The predicted octanol–water partition coefficient (Wildman–Crippen LogP) is 1.44. The lowest BCUT2D eigenvalue weighted by Gasteiger charge is -2.42.